The Kier molecular flexibility index (Phi) is 7.33. The quantitative estimate of drug-likeness (QED) is 0.507. The van der Waals surface area contributed by atoms with Crippen LogP contribution in [-0.2, 0) is 19.1 Å². The van der Waals surface area contributed by atoms with Crippen LogP contribution in [0.4, 0.5) is 4.79 Å². The normalized spacial score (nSPS) is 17.3. The van der Waals surface area contributed by atoms with Crippen molar-refractivity contribution in [3.8, 4) is 11.1 Å². The Morgan fingerprint density at radius 3 is 2.34 bits per heavy atom. The van der Waals surface area contributed by atoms with Crippen LogP contribution in [0.5, 0.6) is 0 Å². The number of carbonyl (C=O) groups excluding carboxylic acids is 3. The van der Waals surface area contributed by atoms with Gasteiger partial charge in [-0.15, -0.1) is 0 Å². The summed E-state index contributed by atoms with van der Waals surface area (Å²) in [5.41, 5.74) is 6.76. The zero-order chi connectivity index (χ0) is 24.9. The van der Waals surface area contributed by atoms with Gasteiger partial charge in [0.1, 0.15) is 6.61 Å². The van der Waals surface area contributed by atoms with Crippen LogP contribution in [-0.4, -0.2) is 52.7 Å². The summed E-state index contributed by atoms with van der Waals surface area (Å²) in [6, 6.07) is 14.3. The third kappa shape index (κ3) is 5.29. The van der Waals surface area contributed by atoms with Crippen LogP contribution in [0, 0.1) is 0 Å². The number of hydrazine groups is 1. The minimum Gasteiger partial charge on any atom is -0.480 e. The number of alkyl carbamates (subject to hydrolysis) is 1. The predicted molar refractivity (Wildman–Crippen MR) is 127 cm³/mol. The summed E-state index contributed by atoms with van der Waals surface area (Å²) in [5, 5.41) is 12.9. The van der Waals surface area contributed by atoms with Crippen molar-refractivity contribution in [1.82, 2.24) is 15.8 Å². The van der Waals surface area contributed by atoms with E-state index in [1.807, 2.05) is 43.3 Å². The smallest absolute Gasteiger partial charge is 0.407 e. The molecule has 0 spiro atoms. The number of nitrogens with zero attached hydrogens (tertiary/aromatic N) is 1. The van der Waals surface area contributed by atoms with E-state index in [0.29, 0.717) is 6.42 Å². The van der Waals surface area contributed by atoms with E-state index in [1.54, 1.807) is 0 Å². The van der Waals surface area contributed by atoms with Crippen molar-refractivity contribution in [3.05, 3.63) is 59.7 Å². The molecule has 2 aromatic rings. The fourth-order valence-corrected chi connectivity index (χ4v) is 4.75. The number of carbonyl (C=O) groups is 4. The number of fused-ring (bicyclic) bond motifs is 3. The third-order valence-electron chi connectivity index (χ3n) is 6.48. The molecule has 1 aliphatic heterocycles. The number of aliphatic carboxylic acids is 1. The molecule has 4 rings (SSSR count). The van der Waals surface area contributed by atoms with E-state index in [-0.39, 0.29) is 25.4 Å². The standard InChI is InChI=1S/C26H29N3O6/c1-2-3-8-16(13-24(31)29-22(25(32)33)14-23(30)28-29)27-26(34)35-15-21-19-11-6-4-9-17(19)18-10-5-7-12-20(18)21/h4-7,9-12,16,21-22H,2-3,8,13-15H2,1H3,(H,27,34)(H,28,30)(H,32,33)/t16-,22?/m1/s1. The van der Waals surface area contributed by atoms with Crippen LogP contribution in [0.3, 0.4) is 0 Å². The molecule has 1 aliphatic carbocycles. The van der Waals surface area contributed by atoms with Crippen LogP contribution < -0.4 is 10.7 Å². The summed E-state index contributed by atoms with van der Waals surface area (Å²) in [4.78, 5) is 48.5. The van der Waals surface area contributed by atoms with Crippen LogP contribution in [0.2, 0.25) is 0 Å². The number of nitrogens with one attached hydrogen (secondary N) is 2. The average Bonchev–Trinajstić information content (AvgIpc) is 3.39. The van der Waals surface area contributed by atoms with E-state index in [2.05, 4.69) is 22.9 Å². The topological polar surface area (TPSA) is 125 Å². The largest absolute Gasteiger partial charge is 0.480 e. The fourth-order valence-electron chi connectivity index (χ4n) is 4.75. The molecule has 1 unspecified atom stereocenters. The molecule has 0 radical (unpaired) electrons. The van der Waals surface area contributed by atoms with Crippen molar-refractivity contribution < 1.29 is 29.0 Å². The number of benzene rings is 2. The summed E-state index contributed by atoms with van der Waals surface area (Å²) < 4.78 is 5.59. The van der Waals surface area contributed by atoms with Gasteiger partial charge in [-0.25, -0.2) is 14.6 Å². The van der Waals surface area contributed by atoms with E-state index in [9.17, 15) is 24.3 Å². The Labute approximate surface area is 203 Å². The molecule has 1 saturated heterocycles. The number of amides is 3. The van der Waals surface area contributed by atoms with Crippen LogP contribution >= 0.6 is 0 Å². The first-order valence-electron chi connectivity index (χ1n) is 11.8. The molecular formula is C26H29N3O6. The molecule has 184 valence electrons. The molecule has 2 aliphatic rings. The lowest BCUT2D eigenvalue weighted by molar-refractivity contribution is -0.150. The van der Waals surface area contributed by atoms with Gasteiger partial charge < -0.3 is 15.2 Å². The predicted octanol–water partition coefficient (Wildman–Crippen LogP) is 3.19. The summed E-state index contributed by atoms with van der Waals surface area (Å²) in [5.74, 6) is -2.44. The van der Waals surface area contributed by atoms with Crippen LogP contribution in [0.1, 0.15) is 56.1 Å². The van der Waals surface area contributed by atoms with E-state index >= 15 is 0 Å². The number of carboxylic acid groups (broad SMARTS) is 1. The van der Waals surface area contributed by atoms with E-state index in [0.717, 1.165) is 40.1 Å². The second-order valence-corrected chi connectivity index (χ2v) is 8.87. The molecule has 35 heavy (non-hydrogen) atoms. The van der Waals surface area contributed by atoms with Crippen molar-refractivity contribution in [2.24, 2.45) is 0 Å². The molecule has 0 aromatic heterocycles. The number of rotatable bonds is 9. The van der Waals surface area contributed by atoms with Gasteiger partial charge in [0.2, 0.25) is 11.8 Å². The molecule has 2 aromatic carbocycles. The van der Waals surface area contributed by atoms with Crippen molar-refractivity contribution in [2.45, 2.75) is 57.0 Å². The first kappa shape index (κ1) is 24.3. The summed E-state index contributed by atoms with van der Waals surface area (Å²) in [6.45, 7) is 2.14. The number of hydrogen-bond acceptors (Lipinski definition) is 5. The third-order valence-corrected chi connectivity index (χ3v) is 6.48. The maximum Gasteiger partial charge on any atom is 0.407 e. The zero-order valence-corrected chi connectivity index (χ0v) is 19.5. The monoisotopic (exact) mass is 479 g/mol. The molecule has 1 heterocycles. The lowest BCUT2D eigenvalue weighted by atomic mass is 9.98. The highest BCUT2D eigenvalue weighted by atomic mass is 16.5. The highest BCUT2D eigenvalue weighted by molar-refractivity contribution is 5.93. The first-order chi connectivity index (χ1) is 16.9. The molecule has 0 bridgehead atoms. The number of ether oxygens (including phenoxy) is 1. The SMILES string of the molecule is CCCC[C@H](CC(=O)N1NC(=O)CC1C(=O)O)NC(=O)OCC1c2ccccc2-c2ccccc21. The van der Waals surface area contributed by atoms with Gasteiger partial charge >= 0.3 is 12.1 Å². The summed E-state index contributed by atoms with van der Waals surface area (Å²) in [6.07, 6.45) is 1.06. The van der Waals surface area contributed by atoms with Gasteiger partial charge in [-0.05, 0) is 28.7 Å². The lowest BCUT2D eigenvalue weighted by Crippen LogP contribution is -2.49. The Morgan fingerprint density at radius 2 is 1.74 bits per heavy atom. The summed E-state index contributed by atoms with van der Waals surface area (Å²) >= 11 is 0. The molecule has 9 nitrogen and oxygen atoms in total. The minimum absolute atomic E-state index is 0.0833. The zero-order valence-electron chi connectivity index (χ0n) is 19.5. The van der Waals surface area contributed by atoms with Gasteiger partial charge in [-0.2, -0.15) is 0 Å². The maximum atomic E-state index is 12.8. The molecule has 2 atom stereocenters. The van der Waals surface area contributed by atoms with Crippen molar-refractivity contribution in [1.29, 1.82) is 0 Å². The Bertz CT molecular complexity index is 1090. The van der Waals surface area contributed by atoms with Gasteiger partial charge in [0.05, 0.1) is 6.42 Å². The van der Waals surface area contributed by atoms with Gasteiger partial charge in [-0.3, -0.25) is 15.0 Å². The molecule has 1 fully saturated rings. The number of hydrogen-bond donors (Lipinski definition) is 3. The van der Waals surface area contributed by atoms with Crippen molar-refractivity contribution in [3.63, 3.8) is 0 Å². The van der Waals surface area contributed by atoms with Gasteiger partial charge in [0, 0.05) is 18.4 Å². The Morgan fingerprint density at radius 1 is 1.11 bits per heavy atom. The lowest BCUT2D eigenvalue weighted by Gasteiger charge is -2.24. The van der Waals surface area contributed by atoms with Gasteiger partial charge in [0.25, 0.3) is 0 Å². The van der Waals surface area contributed by atoms with E-state index in [4.69, 9.17) is 4.74 Å². The van der Waals surface area contributed by atoms with E-state index < -0.39 is 36.0 Å². The second kappa shape index (κ2) is 10.6. The molecule has 3 N–H and O–H groups in total. The second-order valence-electron chi connectivity index (χ2n) is 8.87. The van der Waals surface area contributed by atoms with Crippen molar-refractivity contribution >= 4 is 23.9 Å². The van der Waals surface area contributed by atoms with Crippen molar-refractivity contribution in [2.75, 3.05) is 6.61 Å². The molecule has 9 heteroatoms. The minimum atomic E-state index is -1.26. The van der Waals surface area contributed by atoms with Crippen LogP contribution in [0.25, 0.3) is 11.1 Å². The Hall–Kier alpha value is -3.88. The fraction of sp³-hybridized carbons (Fsp3) is 0.385. The number of unbranched alkanes of at least 4 members (excludes halogenated alkanes) is 1. The maximum absolute atomic E-state index is 12.8. The van der Waals surface area contributed by atoms with Gasteiger partial charge in [0.15, 0.2) is 6.04 Å². The van der Waals surface area contributed by atoms with Gasteiger partial charge in [-0.1, -0.05) is 68.3 Å². The highest BCUT2D eigenvalue weighted by Crippen LogP contribution is 2.44. The first-order valence-corrected chi connectivity index (χ1v) is 11.8. The molecule has 3 amide bonds. The number of carboxylic acids is 1. The van der Waals surface area contributed by atoms with Crippen LogP contribution in [0.15, 0.2) is 48.5 Å². The van der Waals surface area contributed by atoms with E-state index in [1.165, 1.54) is 0 Å². The average molecular weight is 480 g/mol. The molecule has 0 saturated carbocycles. The summed E-state index contributed by atoms with van der Waals surface area (Å²) in [7, 11) is 0. The highest BCUT2D eigenvalue weighted by Gasteiger charge is 2.39. The Balaban J connectivity index is 1.39. The molecular weight excluding hydrogens is 450 g/mol.